The van der Waals surface area contributed by atoms with Gasteiger partial charge >= 0.3 is 0 Å². The molecule has 0 radical (unpaired) electrons. The molecule has 0 spiro atoms. The largest absolute Gasteiger partial charge is 0.336 e. The van der Waals surface area contributed by atoms with Gasteiger partial charge in [0, 0.05) is 49.0 Å². The van der Waals surface area contributed by atoms with E-state index in [9.17, 15) is 13.6 Å². The van der Waals surface area contributed by atoms with Gasteiger partial charge in [-0.3, -0.25) is 4.79 Å². The van der Waals surface area contributed by atoms with Crippen molar-refractivity contribution >= 4 is 5.78 Å². The van der Waals surface area contributed by atoms with E-state index in [4.69, 9.17) is 0 Å². The normalized spacial score (nSPS) is 13.1. The molecule has 2 aromatic carbocycles. The molecule has 4 aromatic rings. The van der Waals surface area contributed by atoms with Crippen LogP contribution in [0.1, 0.15) is 23.0 Å². The van der Waals surface area contributed by atoms with Crippen molar-refractivity contribution in [2.24, 2.45) is 0 Å². The van der Waals surface area contributed by atoms with Gasteiger partial charge in [-0.25, -0.2) is 18.7 Å². The number of Topliss-reactive ketones (excluding diaryl/α,β-unsaturated/α-hetero) is 1. The van der Waals surface area contributed by atoms with Gasteiger partial charge in [-0.1, -0.05) is 36.4 Å². The standard InChI is InChI=1S/C23H20F2N4O/c24-21-7-3-1-5-17(21)19(13-28-11-9-26-15-28)23(30)20(14-29-12-10-27-16-29)18-6-2-4-8-22(18)25/h1-12,15-16,19-20H,13-14H2. The van der Waals surface area contributed by atoms with Gasteiger partial charge in [0.15, 0.2) is 5.78 Å². The summed E-state index contributed by atoms with van der Waals surface area (Å²) in [5.74, 6) is -2.83. The van der Waals surface area contributed by atoms with Gasteiger partial charge in [-0.2, -0.15) is 0 Å². The first-order chi connectivity index (χ1) is 14.6. The van der Waals surface area contributed by atoms with E-state index >= 15 is 0 Å². The minimum Gasteiger partial charge on any atom is -0.336 e. The zero-order chi connectivity index (χ0) is 20.9. The van der Waals surface area contributed by atoms with E-state index in [1.54, 1.807) is 83.0 Å². The predicted molar refractivity (Wildman–Crippen MR) is 108 cm³/mol. The van der Waals surface area contributed by atoms with Gasteiger partial charge in [-0.15, -0.1) is 0 Å². The summed E-state index contributed by atoms with van der Waals surface area (Å²) in [5, 5.41) is 0. The molecular formula is C23H20F2N4O. The van der Waals surface area contributed by atoms with E-state index in [0.29, 0.717) is 0 Å². The van der Waals surface area contributed by atoms with Crippen LogP contribution in [0.2, 0.25) is 0 Å². The molecule has 0 amide bonds. The summed E-state index contributed by atoms with van der Waals surface area (Å²) in [5.41, 5.74) is 0.561. The number of halogens is 2. The third-order valence-electron chi connectivity index (χ3n) is 5.15. The number of carbonyl (C=O) groups excluding carboxylic acids is 1. The number of hydrogen-bond acceptors (Lipinski definition) is 3. The lowest BCUT2D eigenvalue weighted by molar-refractivity contribution is -0.122. The average Bonchev–Trinajstić information content (AvgIpc) is 3.45. The van der Waals surface area contributed by atoms with Crippen molar-refractivity contribution in [1.82, 2.24) is 19.1 Å². The number of ketones is 1. The molecule has 0 saturated heterocycles. The molecule has 0 aliphatic heterocycles. The number of hydrogen-bond donors (Lipinski definition) is 0. The summed E-state index contributed by atoms with van der Waals surface area (Å²) in [6, 6.07) is 12.4. The fourth-order valence-electron chi connectivity index (χ4n) is 3.65. The van der Waals surface area contributed by atoms with Gasteiger partial charge < -0.3 is 9.13 Å². The second-order valence-corrected chi connectivity index (χ2v) is 7.07. The lowest BCUT2D eigenvalue weighted by atomic mass is 9.83. The van der Waals surface area contributed by atoms with Crippen LogP contribution in [-0.4, -0.2) is 24.9 Å². The summed E-state index contributed by atoms with van der Waals surface area (Å²) < 4.78 is 32.8. The Hall–Kier alpha value is -3.61. The minimum atomic E-state index is -0.812. The fourth-order valence-corrected chi connectivity index (χ4v) is 3.65. The minimum absolute atomic E-state index is 0.203. The zero-order valence-electron chi connectivity index (χ0n) is 16.1. The maximum absolute atomic E-state index is 14.7. The highest BCUT2D eigenvalue weighted by Crippen LogP contribution is 2.32. The molecule has 0 bridgehead atoms. The number of imidazole rings is 2. The van der Waals surface area contributed by atoms with E-state index < -0.39 is 23.5 Å². The van der Waals surface area contributed by atoms with E-state index in [0.717, 1.165) is 0 Å². The molecule has 0 N–H and O–H groups in total. The average molecular weight is 406 g/mol. The van der Waals surface area contributed by atoms with Crippen molar-refractivity contribution in [3.63, 3.8) is 0 Å². The highest BCUT2D eigenvalue weighted by atomic mass is 19.1. The topological polar surface area (TPSA) is 52.7 Å². The Kier molecular flexibility index (Phi) is 5.79. The first-order valence-corrected chi connectivity index (χ1v) is 9.57. The number of benzene rings is 2. The third-order valence-corrected chi connectivity index (χ3v) is 5.15. The lowest BCUT2D eigenvalue weighted by Gasteiger charge is -2.24. The smallest absolute Gasteiger partial charge is 0.151 e. The van der Waals surface area contributed by atoms with Crippen LogP contribution in [-0.2, 0) is 17.9 Å². The Balaban J connectivity index is 1.77. The third kappa shape index (κ3) is 4.20. The van der Waals surface area contributed by atoms with Gasteiger partial charge in [0.25, 0.3) is 0 Å². The van der Waals surface area contributed by atoms with Crippen LogP contribution in [0, 0.1) is 11.6 Å². The van der Waals surface area contributed by atoms with Gasteiger partial charge in [0.05, 0.1) is 24.5 Å². The highest BCUT2D eigenvalue weighted by Gasteiger charge is 2.33. The van der Waals surface area contributed by atoms with Gasteiger partial charge in [0.1, 0.15) is 11.6 Å². The molecule has 2 heterocycles. The van der Waals surface area contributed by atoms with E-state index in [1.165, 1.54) is 12.1 Å². The number of nitrogens with zero attached hydrogens (tertiary/aromatic N) is 4. The van der Waals surface area contributed by atoms with Crippen molar-refractivity contribution in [2.75, 3.05) is 0 Å². The van der Waals surface area contributed by atoms with Crippen LogP contribution in [0.3, 0.4) is 0 Å². The Labute approximate surface area is 172 Å². The maximum Gasteiger partial charge on any atom is 0.151 e. The monoisotopic (exact) mass is 406 g/mol. The quantitative estimate of drug-likeness (QED) is 0.441. The highest BCUT2D eigenvalue weighted by molar-refractivity contribution is 5.91. The van der Waals surface area contributed by atoms with Gasteiger partial charge in [-0.05, 0) is 12.1 Å². The molecule has 2 aromatic heterocycles. The van der Waals surface area contributed by atoms with Crippen LogP contribution in [0.5, 0.6) is 0 Å². The summed E-state index contributed by atoms with van der Waals surface area (Å²) in [6.45, 7) is 0.406. The molecule has 0 fully saturated rings. The van der Waals surface area contributed by atoms with Crippen molar-refractivity contribution in [3.05, 3.63) is 109 Å². The summed E-state index contributed by atoms with van der Waals surface area (Å²) in [7, 11) is 0. The van der Waals surface area contributed by atoms with Crippen LogP contribution >= 0.6 is 0 Å². The second kappa shape index (κ2) is 8.82. The van der Waals surface area contributed by atoms with E-state index in [2.05, 4.69) is 9.97 Å². The Morgan fingerprint density at radius 1 is 0.767 bits per heavy atom. The molecule has 0 saturated carbocycles. The van der Waals surface area contributed by atoms with Crippen molar-refractivity contribution in [2.45, 2.75) is 24.9 Å². The molecule has 7 heteroatoms. The van der Waals surface area contributed by atoms with Crippen LogP contribution in [0.25, 0.3) is 0 Å². The van der Waals surface area contributed by atoms with Crippen LogP contribution in [0.15, 0.2) is 86.0 Å². The van der Waals surface area contributed by atoms with Crippen LogP contribution < -0.4 is 0 Å². The Morgan fingerprint density at radius 2 is 1.20 bits per heavy atom. The molecule has 0 aliphatic rings. The van der Waals surface area contributed by atoms with E-state index in [1.807, 2.05) is 0 Å². The number of aromatic nitrogens is 4. The molecule has 0 aliphatic carbocycles. The first-order valence-electron chi connectivity index (χ1n) is 9.57. The van der Waals surface area contributed by atoms with Crippen molar-refractivity contribution in [3.8, 4) is 0 Å². The summed E-state index contributed by atoms with van der Waals surface area (Å²) >= 11 is 0. The van der Waals surface area contributed by atoms with Crippen LogP contribution in [0.4, 0.5) is 8.78 Å². The molecule has 2 unspecified atom stereocenters. The van der Waals surface area contributed by atoms with Gasteiger partial charge in [0.2, 0.25) is 0 Å². The molecule has 5 nitrogen and oxygen atoms in total. The molecule has 4 rings (SSSR count). The first kappa shape index (κ1) is 19.7. The molecule has 2 atom stereocenters. The predicted octanol–water partition coefficient (Wildman–Crippen LogP) is 4.19. The molecular weight excluding hydrogens is 386 g/mol. The Bertz CT molecular complexity index is 1020. The van der Waals surface area contributed by atoms with E-state index in [-0.39, 0.29) is 30.0 Å². The maximum atomic E-state index is 14.7. The number of rotatable bonds is 8. The lowest BCUT2D eigenvalue weighted by Crippen LogP contribution is -2.28. The van der Waals surface area contributed by atoms with Crippen molar-refractivity contribution in [1.29, 1.82) is 0 Å². The Morgan fingerprint density at radius 3 is 1.57 bits per heavy atom. The second-order valence-electron chi connectivity index (χ2n) is 7.07. The van der Waals surface area contributed by atoms with Crippen molar-refractivity contribution < 1.29 is 13.6 Å². The zero-order valence-corrected chi connectivity index (χ0v) is 16.1. The SMILES string of the molecule is O=C(C(Cn1ccnc1)c1ccccc1F)C(Cn1ccnc1)c1ccccc1F. The summed E-state index contributed by atoms with van der Waals surface area (Å²) in [4.78, 5) is 21.8. The summed E-state index contributed by atoms with van der Waals surface area (Å²) in [6.07, 6.45) is 9.79. The fraction of sp³-hybridized carbons (Fsp3) is 0.174. The molecule has 152 valence electrons. The number of carbonyl (C=O) groups is 1. The molecule has 30 heavy (non-hydrogen) atoms.